The summed E-state index contributed by atoms with van der Waals surface area (Å²) in [5.74, 6) is -1.20. The van der Waals surface area contributed by atoms with Gasteiger partial charge in [-0.1, -0.05) is 12.1 Å². The van der Waals surface area contributed by atoms with E-state index in [1.165, 1.54) is 48.7 Å². The number of aromatic nitrogens is 2. The second-order valence-electron chi connectivity index (χ2n) is 5.39. The average Bonchev–Trinajstić information content (AvgIpc) is 2.63. The highest BCUT2D eigenvalue weighted by atomic mass is 19.4. The summed E-state index contributed by atoms with van der Waals surface area (Å²) in [5.41, 5.74) is -0.985. The predicted octanol–water partition coefficient (Wildman–Crippen LogP) is 4.63. The molecule has 0 aliphatic heterocycles. The van der Waals surface area contributed by atoms with E-state index >= 15 is 0 Å². The number of carbonyl (C=O) groups is 1. The molecule has 2 N–H and O–H groups in total. The van der Waals surface area contributed by atoms with Crippen LogP contribution < -0.4 is 10.6 Å². The lowest BCUT2D eigenvalue weighted by Crippen LogP contribution is -2.18. The SMILES string of the molecule is O=C(Nc1ccccc1C(F)(F)F)c1ccnc(Nc2ccc(F)cc2)n1. The minimum Gasteiger partial charge on any atom is -0.324 e. The lowest BCUT2D eigenvalue weighted by atomic mass is 10.1. The van der Waals surface area contributed by atoms with Crippen molar-refractivity contribution < 1.29 is 22.4 Å². The number of halogens is 4. The molecule has 138 valence electrons. The third kappa shape index (κ3) is 4.57. The van der Waals surface area contributed by atoms with Crippen LogP contribution in [-0.2, 0) is 6.18 Å². The highest BCUT2D eigenvalue weighted by Gasteiger charge is 2.33. The number of carbonyl (C=O) groups excluding carboxylic acids is 1. The lowest BCUT2D eigenvalue weighted by molar-refractivity contribution is -0.136. The topological polar surface area (TPSA) is 66.9 Å². The molecule has 0 bridgehead atoms. The van der Waals surface area contributed by atoms with Gasteiger partial charge in [0.25, 0.3) is 5.91 Å². The van der Waals surface area contributed by atoms with Crippen LogP contribution in [0, 0.1) is 5.82 Å². The fraction of sp³-hybridized carbons (Fsp3) is 0.0556. The summed E-state index contributed by atoms with van der Waals surface area (Å²) in [7, 11) is 0. The summed E-state index contributed by atoms with van der Waals surface area (Å²) in [6.07, 6.45) is -3.33. The van der Waals surface area contributed by atoms with Crippen molar-refractivity contribution in [3.8, 4) is 0 Å². The van der Waals surface area contributed by atoms with Gasteiger partial charge in [-0.25, -0.2) is 14.4 Å². The van der Waals surface area contributed by atoms with E-state index < -0.39 is 23.5 Å². The molecule has 0 radical (unpaired) electrons. The van der Waals surface area contributed by atoms with Crippen molar-refractivity contribution in [3.05, 3.63) is 77.9 Å². The Kier molecular flexibility index (Phi) is 5.02. The second kappa shape index (κ2) is 7.40. The molecule has 0 unspecified atom stereocenters. The molecule has 5 nitrogen and oxygen atoms in total. The molecule has 1 heterocycles. The molecule has 1 amide bonds. The van der Waals surface area contributed by atoms with E-state index in [4.69, 9.17) is 0 Å². The Bertz CT molecular complexity index is 958. The standard InChI is InChI=1S/C18H12F4N4O/c19-11-5-7-12(8-6-11)24-17-23-10-9-15(26-17)16(27)25-14-4-2-1-3-13(14)18(20,21)22/h1-10H,(H,25,27)(H,23,24,26). The molecule has 0 aliphatic carbocycles. The van der Waals surface area contributed by atoms with Crippen LogP contribution in [0.2, 0.25) is 0 Å². The third-order valence-electron chi connectivity index (χ3n) is 3.47. The average molecular weight is 376 g/mol. The first-order valence-corrected chi connectivity index (χ1v) is 7.66. The first-order chi connectivity index (χ1) is 12.8. The number of nitrogens with one attached hydrogen (secondary N) is 2. The van der Waals surface area contributed by atoms with E-state index in [1.807, 2.05) is 0 Å². The predicted molar refractivity (Wildman–Crippen MR) is 91.1 cm³/mol. The summed E-state index contributed by atoms with van der Waals surface area (Å²) in [4.78, 5) is 20.2. The largest absolute Gasteiger partial charge is 0.418 e. The van der Waals surface area contributed by atoms with Crippen LogP contribution in [0.4, 0.5) is 34.9 Å². The van der Waals surface area contributed by atoms with Crippen molar-refractivity contribution in [2.24, 2.45) is 0 Å². The highest BCUT2D eigenvalue weighted by Crippen LogP contribution is 2.34. The van der Waals surface area contributed by atoms with Crippen LogP contribution in [0.25, 0.3) is 0 Å². The Morgan fingerprint density at radius 2 is 1.67 bits per heavy atom. The van der Waals surface area contributed by atoms with Crippen LogP contribution in [0.15, 0.2) is 60.8 Å². The molecule has 0 saturated heterocycles. The quantitative estimate of drug-likeness (QED) is 0.652. The highest BCUT2D eigenvalue weighted by molar-refractivity contribution is 6.03. The number of rotatable bonds is 4. The number of amides is 1. The zero-order valence-electron chi connectivity index (χ0n) is 13.6. The fourth-order valence-electron chi connectivity index (χ4n) is 2.23. The van der Waals surface area contributed by atoms with Crippen molar-refractivity contribution in [1.29, 1.82) is 0 Å². The number of hydrogen-bond donors (Lipinski definition) is 2. The summed E-state index contributed by atoms with van der Waals surface area (Å²) in [6, 6.07) is 11.3. The minimum atomic E-state index is -4.61. The van der Waals surface area contributed by atoms with E-state index in [9.17, 15) is 22.4 Å². The molecule has 1 aromatic heterocycles. The van der Waals surface area contributed by atoms with E-state index in [1.54, 1.807) is 0 Å². The smallest absolute Gasteiger partial charge is 0.324 e. The Labute approximate surface area is 151 Å². The van der Waals surface area contributed by atoms with Gasteiger partial charge < -0.3 is 10.6 Å². The molecule has 0 atom stereocenters. The van der Waals surface area contributed by atoms with Crippen LogP contribution in [0.3, 0.4) is 0 Å². The lowest BCUT2D eigenvalue weighted by Gasteiger charge is -2.13. The number of anilines is 3. The molecule has 0 aliphatic rings. The van der Waals surface area contributed by atoms with Crippen molar-refractivity contribution >= 4 is 23.2 Å². The minimum absolute atomic E-state index is 0.0402. The number of alkyl halides is 3. The Morgan fingerprint density at radius 3 is 2.37 bits per heavy atom. The molecule has 0 fully saturated rings. The van der Waals surface area contributed by atoms with Crippen molar-refractivity contribution in [2.45, 2.75) is 6.18 Å². The van der Waals surface area contributed by atoms with Crippen molar-refractivity contribution in [1.82, 2.24) is 9.97 Å². The van der Waals surface area contributed by atoms with E-state index in [2.05, 4.69) is 20.6 Å². The van der Waals surface area contributed by atoms with Gasteiger partial charge in [-0.2, -0.15) is 13.2 Å². The van der Waals surface area contributed by atoms with Gasteiger partial charge in [0.15, 0.2) is 0 Å². The van der Waals surface area contributed by atoms with Gasteiger partial charge >= 0.3 is 6.18 Å². The molecular weight excluding hydrogens is 364 g/mol. The van der Waals surface area contributed by atoms with Gasteiger partial charge in [-0.3, -0.25) is 4.79 Å². The second-order valence-corrected chi connectivity index (χ2v) is 5.39. The molecule has 0 saturated carbocycles. The maximum Gasteiger partial charge on any atom is 0.418 e. The van der Waals surface area contributed by atoms with Gasteiger partial charge in [-0.05, 0) is 42.5 Å². The van der Waals surface area contributed by atoms with E-state index in [0.717, 1.165) is 12.1 Å². The summed E-state index contributed by atoms with van der Waals surface area (Å²) < 4.78 is 52.0. The van der Waals surface area contributed by atoms with Crippen molar-refractivity contribution in [3.63, 3.8) is 0 Å². The maximum atomic E-state index is 13.0. The Hall–Kier alpha value is -3.49. The van der Waals surface area contributed by atoms with Gasteiger partial charge in [-0.15, -0.1) is 0 Å². The summed E-state index contributed by atoms with van der Waals surface area (Å²) in [6.45, 7) is 0. The third-order valence-corrected chi connectivity index (χ3v) is 3.47. The summed E-state index contributed by atoms with van der Waals surface area (Å²) in [5, 5.41) is 4.98. The van der Waals surface area contributed by atoms with Crippen LogP contribution in [0.1, 0.15) is 16.1 Å². The normalized spacial score (nSPS) is 11.1. The first kappa shape index (κ1) is 18.3. The maximum absolute atomic E-state index is 13.0. The van der Waals surface area contributed by atoms with E-state index in [-0.39, 0.29) is 17.3 Å². The molecule has 3 aromatic rings. The number of nitrogens with zero attached hydrogens (tertiary/aromatic N) is 2. The van der Waals surface area contributed by atoms with Crippen LogP contribution >= 0.6 is 0 Å². The fourth-order valence-corrected chi connectivity index (χ4v) is 2.23. The molecule has 3 rings (SSSR count). The number of hydrogen-bond acceptors (Lipinski definition) is 4. The van der Waals surface area contributed by atoms with Crippen LogP contribution in [0.5, 0.6) is 0 Å². The first-order valence-electron chi connectivity index (χ1n) is 7.66. The monoisotopic (exact) mass is 376 g/mol. The van der Waals surface area contributed by atoms with Gasteiger partial charge in [0.1, 0.15) is 11.5 Å². The van der Waals surface area contributed by atoms with Gasteiger partial charge in [0, 0.05) is 11.9 Å². The number of para-hydroxylation sites is 1. The van der Waals surface area contributed by atoms with Crippen LogP contribution in [-0.4, -0.2) is 15.9 Å². The Morgan fingerprint density at radius 1 is 0.963 bits per heavy atom. The molecule has 27 heavy (non-hydrogen) atoms. The molecule has 2 aromatic carbocycles. The molecule has 0 spiro atoms. The Balaban J connectivity index is 1.79. The molecule has 9 heteroatoms. The number of benzene rings is 2. The molecular formula is C18H12F4N4O. The van der Waals surface area contributed by atoms with Gasteiger partial charge in [0.2, 0.25) is 5.95 Å². The zero-order chi connectivity index (χ0) is 19.4. The van der Waals surface area contributed by atoms with Gasteiger partial charge in [0.05, 0.1) is 11.3 Å². The summed E-state index contributed by atoms with van der Waals surface area (Å²) >= 11 is 0. The zero-order valence-corrected chi connectivity index (χ0v) is 13.6. The van der Waals surface area contributed by atoms with E-state index in [0.29, 0.717) is 5.69 Å². The van der Waals surface area contributed by atoms with Crippen molar-refractivity contribution in [2.75, 3.05) is 10.6 Å².